The summed E-state index contributed by atoms with van der Waals surface area (Å²) in [5.41, 5.74) is 6.76. The van der Waals surface area contributed by atoms with E-state index in [0.29, 0.717) is 16.0 Å². The molecule has 0 aliphatic rings. The van der Waals surface area contributed by atoms with E-state index in [1.165, 1.54) is 12.1 Å². The number of nitrogens with two attached hydrogens (primary N) is 1. The molecule has 0 saturated carbocycles. The lowest BCUT2D eigenvalue weighted by Gasteiger charge is -2.10. The highest BCUT2D eigenvalue weighted by Gasteiger charge is 2.06. The molecule has 1 aromatic carbocycles. The predicted octanol–water partition coefficient (Wildman–Crippen LogP) is 3.67. The third-order valence-electron chi connectivity index (χ3n) is 2.45. The van der Waals surface area contributed by atoms with E-state index < -0.39 is 0 Å². The van der Waals surface area contributed by atoms with E-state index in [-0.39, 0.29) is 11.9 Å². The summed E-state index contributed by atoms with van der Waals surface area (Å²) in [6.45, 7) is 1.93. The second-order valence-corrected chi connectivity index (χ2v) is 5.24. The van der Waals surface area contributed by atoms with Gasteiger partial charge in [-0.2, -0.15) is 0 Å². The maximum absolute atomic E-state index is 13.0. The third-order valence-corrected chi connectivity index (χ3v) is 3.07. The van der Waals surface area contributed by atoms with Crippen LogP contribution in [0.1, 0.15) is 12.5 Å². The molecule has 0 fully saturated rings. The first-order valence-electron chi connectivity index (χ1n) is 5.87. The predicted molar refractivity (Wildman–Crippen MR) is 75.8 cm³/mol. The van der Waals surface area contributed by atoms with Crippen molar-refractivity contribution in [2.75, 3.05) is 0 Å². The fourth-order valence-electron chi connectivity index (χ4n) is 1.69. The van der Waals surface area contributed by atoms with Gasteiger partial charge >= 0.3 is 0 Å². The molecule has 1 atom stereocenters. The number of nitrogens with zero attached hydrogens (tertiary/aromatic N) is 1. The van der Waals surface area contributed by atoms with E-state index in [1.807, 2.05) is 13.0 Å². The number of hydrogen-bond acceptors (Lipinski definition) is 3. The van der Waals surface area contributed by atoms with Crippen molar-refractivity contribution in [2.45, 2.75) is 19.4 Å². The van der Waals surface area contributed by atoms with Crippen LogP contribution in [-0.4, -0.2) is 11.0 Å². The molecule has 1 unspecified atom stereocenters. The minimum Gasteiger partial charge on any atom is -0.455 e. The van der Waals surface area contributed by atoms with Gasteiger partial charge in [0.2, 0.25) is 0 Å². The number of hydrogen-bond donors (Lipinski definition) is 1. The number of aromatic nitrogens is 1. The Morgan fingerprint density at radius 2 is 2.16 bits per heavy atom. The van der Waals surface area contributed by atoms with Gasteiger partial charge in [-0.15, -0.1) is 0 Å². The molecule has 2 rings (SSSR count). The zero-order chi connectivity index (χ0) is 13.8. The molecule has 0 spiro atoms. The van der Waals surface area contributed by atoms with Gasteiger partial charge in [0, 0.05) is 12.2 Å². The largest absolute Gasteiger partial charge is 0.455 e. The fourth-order valence-corrected chi connectivity index (χ4v) is 2.12. The zero-order valence-electron chi connectivity index (χ0n) is 10.4. The second-order valence-electron chi connectivity index (χ2n) is 4.39. The van der Waals surface area contributed by atoms with E-state index in [4.69, 9.17) is 10.5 Å². The number of pyridine rings is 1. The molecule has 5 heteroatoms. The standard InChI is InChI=1S/C14H14BrFN2O/c1-9(17)4-10-5-12(8-18-7-10)19-14-3-2-11(16)6-13(14)15/h2-3,5-9H,4,17H2,1H3. The van der Waals surface area contributed by atoms with Crippen molar-refractivity contribution in [1.82, 2.24) is 4.98 Å². The monoisotopic (exact) mass is 324 g/mol. The highest BCUT2D eigenvalue weighted by molar-refractivity contribution is 9.10. The van der Waals surface area contributed by atoms with Crippen molar-refractivity contribution in [2.24, 2.45) is 5.73 Å². The molecule has 19 heavy (non-hydrogen) atoms. The van der Waals surface area contributed by atoms with E-state index in [9.17, 15) is 4.39 Å². The van der Waals surface area contributed by atoms with Gasteiger partial charge < -0.3 is 10.5 Å². The maximum atomic E-state index is 13.0. The van der Waals surface area contributed by atoms with E-state index in [2.05, 4.69) is 20.9 Å². The first kappa shape index (κ1) is 14.0. The highest BCUT2D eigenvalue weighted by Crippen LogP contribution is 2.30. The summed E-state index contributed by atoms with van der Waals surface area (Å²) in [5.74, 6) is 0.828. The zero-order valence-corrected chi connectivity index (χ0v) is 12.0. The molecule has 0 amide bonds. The van der Waals surface area contributed by atoms with Crippen LogP contribution in [0.25, 0.3) is 0 Å². The Morgan fingerprint density at radius 3 is 2.84 bits per heavy atom. The quantitative estimate of drug-likeness (QED) is 0.933. The van der Waals surface area contributed by atoms with Crippen LogP contribution in [0.5, 0.6) is 11.5 Å². The molecule has 1 heterocycles. The third kappa shape index (κ3) is 4.01. The molecule has 3 nitrogen and oxygen atoms in total. The molecule has 2 N–H and O–H groups in total. The van der Waals surface area contributed by atoms with Crippen LogP contribution in [0, 0.1) is 5.82 Å². The Labute approximate surface area is 119 Å². The summed E-state index contributed by atoms with van der Waals surface area (Å²) >= 11 is 3.26. The molecule has 2 aromatic rings. The summed E-state index contributed by atoms with van der Waals surface area (Å²) < 4.78 is 19.2. The molecule has 0 radical (unpaired) electrons. The summed E-state index contributed by atoms with van der Waals surface area (Å²) in [6, 6.07) is 6.21. The van der Waals surface area contributed by atoms with Crippen LogP contribution in [0.3, 0.4) is 0 Å². The fraction of sp³-hybridized carbons (Fsp3) is 0.214. The SMILES string of the molecule is CC(N)Cc1cncc(Oc2ccc(F)cc2Br)c1. The lowest BCUT2D eigenvalue weighted by molar-refractivity contribution is 0.474. The van der Waals surface area contributed by atoms with E-state index in [1.54, 1.807) is 18.5 Å². The molecular weight excluding hydrogens is 311 g/mol. The maximum Gasteiger partial charge on any atom is 0.146 e. The molecule has 1 aromatic heterocycles. The number of benzene rings is 1. The van der Waals surface area contributed by atoms with Crippen molar-refractivity contribution in [1.29, 1.82) is 0 Å². The lowest BCUT2D eigenvalue weighted by atomic mass is 10.1. The topological polar surface area (TPSA) is 48.1 Å². The van der Waals surface area contributed by atoms with Gasteiger partial charge in [0.1, 0.15) is 17.3 Å². The van der Waals surface area contributed by atoms with Crippen LogP contribution in [-0.2, 0) is 6.42 Å². The molecule has 0 bridgehead atoms. The lowest BCUT2D eigenvalue weighted by Crippen LogP contribution is -2.17. The van der Waals surface area contributed by atoms with Gasteiger partial charge in [0.25, 0.3) is 0 Å². The number of ether oxygens (including phenoxy) is 1. The molecule has 0 aliphatic carbocycles. The molecule has 100 valence electrons. The summed E-state index contributed by atoms with van der Waals surface area (Å²) in [6.07, 6.45) is 4.10. The van der Waals surface area contributed by atoms with Crippen molar-refractivity contribution in [3.8, 4) is 11.5 Å². The highest BCUT2D eigenvalue weighted by atomic mass is 79.9. The van der Waals surface area contributed by atoms with Gasteiger partial charge in [0.05, 0.1) is 10.7 Å². The van der Waals surface area contributed by atoms with Gasteiger partial charge in [0.15, 0.2) is 0 Å². The summed E-state index contributed by atoms with van der Waals surface area (Å²) in [7, 11) is 0. The van der Waals surface area contributed by atoms with E-state index in [0.717, 1.165) is 12.0 Å². The smallest absolute Gasteiger partial charge is 0.146 e. The van der Waals surface area contributed by atoms with Crippen molar-refractivity contribution in [3.63, 3.8) is 0 Å². The Kier molecular flexibility index (Phi) is 4.50. The van der Waals surface area contributed by atoms with Gasteiger partial charge in [-0.1, -0.05) is 0 Å². The Morgan fingerprint density at radius 1 is 1.37 bits per heavy atom. The minimum absolute atomic E-state index is 0.0645. The molecule has 0 aliphatic heterocycles. The normalized spacial score (nSPS) is 12.2. The summed E-state index contributed by atoms with van der Waals surface area (Å²) in [4.78, 5) is 4.11. The second kappa shape index (κ2) is 6.12. The summed E-state index contributed by atoms with van der Waals surface area (Å²) in [5, 5.41) is 0. The van der Waals surface area contributed by atoms with E-state index >= 15 is 0 Å². The Balaban J connectivity index is 2.18. The average Bonchev–Trinajstić information content (AvgIpc) is 2.32. The number of rotatable bonds is 4. The van der Waals surface area contributed by atoms with Gasteiger partial charge in [-0.05, 0) is 59.1 Å². The molecular formula is C14H14BrFN2O. The Hall–Kier alpha value is -1.46. The van der Waals surface area contributed by atoms with Crippen LogP contribution in [0.15, 0.2) is 41.1 Å². The van der Waals surface area contributed by atoms with Crippen LogP contribution < -0.4 is 10.5 Å². The van der Waals surface area contributed by atoms with Crippen molar-refractivity contribution >= 4 is 15.9 Å². The van der Waals surface area contributed by atoms with Crippen LogP contribution >= 0.6 is 15.9 Å². The van der Waals surface area contributed by atoms with Crippen LogP contribution in [0.4, 0.5) is 4.39 Å². The first-order chi connectivity index (χ1) is 9.04. The van der Waals surface area contributed by atoms with Crippen molar-refractivity contribution in [3.05, 3.63) is 52.5 Å². The van der Waals surface area contributed by atoms with Gasteiger partial charge in [-0.25, -0.2) is 4.39 Å². The molecule has 0 saturated heterocycles. The number of halogens is 2. The minimum atomic E-state index is -0.317. The van der Waals surface area contributed by atoms with Gasteiger partial charge in [-0.3, -0.25) is 4.98 Å². The first-order valence-corrected chi connectivity index (χ1v) is 6.66. The average molecular weight is 325 g/mol. The Bertz CT molecular complexity index is 575. The van der Waals surface area contributed by atoms with Crippen molar-refractivity contribution < 1.29 is 9.13 Å². The van der Waals surface area contributed by atoms with Crippen LogP contribution in [0.2, 0.25) is 0 Å².